The minimum Gasteiger partial charge on any atom is -0.444 e. The molecule has 0 saturated carbocycles. The molecule has 6 nitrogen and oxygen atoms in total. The second-order valence-corrected chi connectivity index (χ2v) is 7.46. The Morgan fingerprint density at radius 3 is 2.75 bits per heavy atom. The number of halogens is 1. The van der Waals surface area contributed by atoms with E-state index < -0.39 is 5.60 Å². The zero-order valence-electron chi connectivity index (χ0n) is 14.3. The predicted octanol–water partition coefficient (Wildman–Crippen LogP) is 4.70. The number of benzene rings is 1. The number of oxazole rings is 1. The molecule has 0 spiro atoms. The number of ether oxygens (including phenoxy) is 1. The summed E-state index contributed by atoms with van der Waals surface area (Å²) >= 11 is 3.41. The number of anilines is 1. The Morgan fingerprint density at radius 2 is 2.00 bits per heavy atom. The number of nitrogens with zero attached hydrogens (tertiary/aromatic N) is 1. The zero-order chi connectivity index (χ0) is 17.6. The van der Waals surface area contributed by atoms with Crippen molar-refractivity contribution in [2.45, 2.75) is 45.6 Å². The van der Waals surface area contributed by atoms with E-state index in [1.807, 2.05) is 39.0 Å². The smallest absolute Gasteiger partial charge is 0.407 e. The number of hydrogen-bond donors (Lipinski definition) is 2. The number of unbranched alkanes of at least 4 members (excludes halogenated alkanes) is 2. The van der Waals surface area contributed by atoms with E-state index in [9.17, 15) is 4.79 Å². The van der Waals surface area contributed by atoms with E-state index in [-0.39, 0.29) is 6.09 Å². The summed E-state index contributed by atoms with van der Waals surface area (Å²) in [5.74, 6) is 0. The highest BCUT2D eigenvalue weighted by atomic mass is 79.9. The third-order valence-corrected chi connectivity index (χ3v) is 3.64. The maximum atomic E-state index is 11.5. The van der Waals surface area contributed by atoms with Crippen LogP contribution in [-0.2, 0) is 4.74 Å². The Kier molecular flexibility index (Phi) is 6.48. The summed E-state index contributed by atoms with van der Waals surface area (Å²) in [6.07, 6.45) is 2.51. The van der Waals surface area contributed by atoms with E-state index in [1.165, 1.54) is 0 Å². The number of hydrogen-bond acceptors (Lipinski definition) is 5. The van der Waals surface area contributed by atoms with Crippen LogP contribution in [-0.4, -0.2) is 29.8 Å². The van der Waals surface area contributed by atoms with Gasteiger partial charge in [-0.3, -0.25) is 0 Å². The van der Waals surface area contributed by atoms with Crippen LogP contribution in [0.2, 0.25) is 0 Å². The fourth-order valence-electron chi connectivity index (χ4n) is 2.10. The van der Waals surface area contributed by atoms with Crippen molar-refractivity contribution in [3.63, 3.8) is 0 Å². The molecule has 2 rings (SSSR count). The van der Waals surface area contributed by atoms with Gasteiger partial charge in [0.05, 0.1) is 0 Å². The fourth-order valence-corrected chi connectivity index (χ4v) is 2.45. The van der Waals surface area contributed by atoms with Gasteiger partial charge in [-0.05, 0) is 58.2 Å². The molecule has 0 aliphatic carbocycles. The summed E-state index contributed by atoms with van der Waals surface area (Å²) < 4.78 is 11.8. The Hall–Kier alpha value is -1.76. The van der Waals surface area contributed by atoms with Crippen LogP contribution < -0.4 is 10.6 Å². The van der Waals surface area contributed by atoms with Crippen LogP contribution in [0.15, 0.2) is 27.1 Å². The topological polar surface area (TPSA) is 76.4 Å². The Labute approximate surface area is 150 Å². The largest absolute Gasteiger partial charge is 0.444 e. The Morgan fingerprint density at radius 1 is 1.25 bits per heavy atom. The molecule has 132 valence electrons. The lowest BCUT2D eigenvalue weighted by Gasteiger charge is -2.19. The van der Waals surface area contributed by atoms with E-state index in [0.717, 1.165) is 41.4 Å². The zero-order valence-corrected chi connectivity index (χ0v) is 15.9. The first-order chi connectivity index (χ1) is 11.3. The quantitative estimate of drug-likeness (QED) is 0.662. The summed E-state index contributed by atoms with van der Waals surface area (Å²) in [6, 6.07) is 6.27. The standard InChI is InChI=1S/C17H24BrN3O3/c1-17(2,3)24-16(22)20-10-6-4-5-9-19-15-21-13-11-12(18)7-8-14(13)23-15/h7-8,11H,4-6,9-10H2,1-3H3,(H,19,21)(H,20,22). The molecular weight excluding hydrogens is 374 g/mol. The Balaban J connectivity index is 1.58. The van der Waals surface area contributed by atoms with Gasteiger partial charge in [-0.25, -0.2) is 4.79 Å². The highest BCUT2D eigenvalue weighted by Crippen LogP contribution is 2.22. The number of nitrogens with one attached hydrogen (secondary N) is 2. The molecule has 0 bridgehead atoms. The normalized spacial score (nSPS) is 11.5. The second kappa shape index (κ2) is 8.37. The minimum absolute atomic E-state index is 0.363. The number of amides is 1. The summed E-state index contributed by atoms with van der Waals surface area (Å²) in [5.41, 5.74) is 1.14. The van der Waals surface area contributed by atoms with Crippen LogP contribution in [0.5, 0.6) is 0 Å². The molecule has 7 heteroatoms. The van der Waals surface area contributed by atoms with Crippen molar-refractivity contribution in [2.24, 2.45) is 0 Å². The molecule has 0 saturated heterocycles. The van der Waals surface area contributed by atoms with Crippen LogP contribution >= 0.6 is 15.9 Å². The van der Waals surface area contributed by atoms with Gasteiger partial charge in [0.2, 0.25) is 0 Å². The number of carbonyl (C=O) groups excluding carboxylic acids is 1. The molecule has 0 atom stereocenters. The minimum atomic E-state index is -0.455. The molecule has 0 fully saturated rings. The van der Waals surface area contributed by atoms with Gasteiger partial charge in [0, 0.05) is 17.6 Å². The number of fused-ring (bicyclic) bond motifs is 1. The lowest BCUT2D eigenvalue weighted by Crippen LogP contribution is -2.33. The molecule has 2 aromatic rings. The van der Waals surface area contributed by atoms with Gasteiger partial charge in [-0.2, -0.15) is 4.98 Å². The molecule has 0 radical (unpaired) electrons. The summed E-state index contributed by atoms with van der Waals surface area (Å²) in [4.78, 5) is 15.9. The lowest BCUT2D eigenvalue weighted by atomic mass is 10.2. The molecule has 1 heterocycles. The third-order valence-electron chi connectivity index (χ3n) is 3.15. The highest BCUT2D eigenvalue weighted by molar-refractivity contribution is 9.10. The van der Waals surface area contributed by atoms with Gasteiger partial charge in [-0.1, -0.05) is 15.9 Å². The van der Waals surface area contributed by atoms with Gasteiger partial charge in [0.15, 0.2) is 5.58 Å². The van der Waals surface area contributed by atoms with Gasteiger partial charge in [0.25, 0.3) is 6.01 Å². The van der Waals surface area contributed by atoms with Crippen molar-refractivity contribution in [3.05, 3.63) is 22.7 Å². The number of aromatic nitrogens is 1. The van der Waals surface area contributed by atoms with Gasteiger partial charge >= 0.3 is 6.09 Å². The molecular formula is C17H24BrN3O3. The van der Waals surface area contributed by atoms with Crippen molar-refractivity contribution in [1.82, 2.24) is 10.3 Å². The molecule has 0 aliphatic rings. The van der Waals surface area contributed by atoms with Crippen molar-refractivity contribution in [1.29, 1.82) is 0 Å². The molecule has 0 aliphatic heterocycles. The predicted molar refractivity (Wildman–Crippen MR) is 98.3 cm³/mol. The van der Waals surface area contributed by atoms with Crippen LogP contribution in [0, 0.1) is 0 Å². The van der Waals surface area contributed by atoms with Crippen LogP contribution in [0.3, 0.4) is 0 Å². The third kappa shape index (κ3) is 6.39. The highest BCUT2D eigenvalue weighted by Gasteiger charge is 2.15. The van der Waals surface area contributed by atoms with Gasteiger partial charge in [0.1, 0.15) is 11.1 Å². The SMILES string of the molecule is CC(C)(C)OC(=O)NCCCCCNc1nc2cc(Br)ccc2o1. The Bertz CT molecular complexity index is 679. The summed E-state index contributed by atoms with van der Waals surface area (Å²) in [7, 11) is 0. The van der Waals surface area contributed by atoms with Crippen LogP contribution in [0.4, 0.5) is 10.8 Å². The van der Waals surface area contributed by atoms with Gasteiger partial charge < -0.3 is 19.8 Å². The second-order valence-electron chi connectivity index (χ2n) is 6.55. The van der Waals surface area contributed by atoms with Crippen molar-refractivity contribution >= 4 is 39.1 Å². The first-order valence-electron chi connectivity index (χ1n) is 8.10. The average Bonchev–Trinajstić information content (AvgIpc) is 2.86. The maximum absolute atomic E-state index is 11.5. The van der Waals surface area contributed by atoms with Crippen LogP contribution in [0.1, 0.15) is 40.0 Å². The van der Waals surface area contributed by atoms with E-state index in [0.29, 0.717) is 12.6 Å². The lowest BCUT2D eigenvalue weighted by molar-refractivity contribution is 0.0527. The molecule has 24 heavy (non-hydrogen) atoms. The van der Waals surface area contributed by atoms with Gasteiger partial charge in [-0.15, -0.1) is 0 Å². The average molecular weight is 398 g/mol. The van der Waals surface area contributed by atoms with E-state index in [1.54, 1.807) is 0 Å². The summed E-state index contributed by atoms with van der Waals surface area (Å²) in [5, 5.41) is 5.93. The summed E-state index contributed by atoms with van der Waals surface area (Å²) in [6.45, 7) is 6.95. The van der Waals surface area contributed by atoms with E-state index in [2.05, 4.69) is 31.5 Å². The van der Waals surface area contributed by atoms with Crippen molar-refractivity contribution in [2.75, 3.05) is 18.4 Å². The molecule has 1 aromatic heterocycles. The van der Waals surface area contributed by atoms with E-state index in [4.69, 9.17) is 9.15 Å². The first-order valence-corrected chi connectivity index (χ1v) is 8.89. The number of rotatable bonds is 7. The molecule has 2 N–H and O–H groups in total. The monoisotopic (exact) mass is 397 g/mol. The van der Waals surface area contributed by atoms with Crippen molar-refractivity contribution in [3.8, 4) is 0 Å². The first kappa shape index (κ1) is 18.6. The van der Waals surface area contributed by atoms with Crippen molar-refractivity contribution < 1.29 is 13.9 Å². The molecule has 1 aromatic carbocycles. The number of alkyl carbamates (subject to hydrolysis) is 1. The maximum Gasteiger partial charge on any atom is 0.407 e. The van der Waals surface area contributed by atoms with Crippen LogP contribution in [0.25, 0.3) is 11.1 Å². The molecule has 1 amide bonds. The fraction of sp³-hybridized carbons (Fsp3) is 0.529. The molecule has 0 unspecified atom stereocenters. The number of carbonyl (C=O) groups is 1. The van der Waals surface area contributed by atoms with E-state index >= 15 is 0 Å².